The zero-order valence-electron chi connectivity index (χ0n) is 17.4. The lowest BCUT2D eigenvalue weighted by molar-refractivity contribution is -0.119. The number of hydrogen-bond acceptors (Lipinski definition) is 5. The van der Waals surface area contributed by atoms with Crippen LogP contribution in [0.15, 0.2) is 64.6 Å². The van der Waals surface area contributed by atoms with Crippen LogP contribution in [0.1, 0.15) is 25.3 Å². The number of anilines is 1. The number of likely N-dealkylation sites (tertiary alicyclic amines) is 1. The molecular weight excluding hydrogens is 400 g/mol. The van der Waals surface area contributed by atoms with Crippen LogP contribution in [0.25, 0.3) is 0 Å². The van der Waals surface area contributed by atoms with Crippen molar-refractivity contribution in [3.05, 3.63) is 60.2 Å². The molecule has 1 saturated heterocycles. The number of carbonyl (C=O) groups is 1. The van der Waals surface area contributed by atoms with E-state index in [1.165, 1.54) is 16.4 Å². The molecule has 160 valence electrons. The summed E-state index contributed by atoms with van der Waals surface area (Å²) in [6, 6.07) is 15.4. The number of amides is 1. The standard InChI is InChI=1S/C22H28N4O3S/c1-3-18-9-7-8-12-21(18)26(30(28,29)20-10-5-4-6-11-20)17-22(27)24-23-19-13-15-25(2)16-14-19/h4-12H,3,13-17H2,1-2H3,(H,24,27). The van der Waals surface area contributed by atoms with E-state index in [4.69, 9.17) is 0 Å². The minimum atomic E-state index is -3.91. The summed E-state index contributed by atoms with van der Waals surface area (Å²) in [7, 11) is -1.87. The molecule has 1 amide bonds. The fourth-order valence-electron chi connectivity index (χ4n) is 3.37. The molecule has 0 bridgehead atoms. The van der Waals surface area contributed by atoms with Crippen molar-refractivity contribution in [2.75, 3.05) is 31.0 Å². The van der Waals surface area contributed by atoms with E-state index >= 15 is 0 Å². The van der Waals surface area contributed by atoms with Gasteiger partial charge in [-0.05, 0) is 37.2 Å². The molecule has 0 aromatic heterocycles. The number of hydrazone groups is 1. The van der Waals surface area contributed by atoms with Gasteiger partial charge in [-0.25, -0.2) is 13.8 Å². The van der Waals surface area contributed by atoms with Gasteiger partial charge in [0.25, 0.3) is 15.9 Å². The smallest absolute Gasteiger partial charge is 0.264 e. The van der Waals surface area contributed by atoms with Crippen LogP contribution in [0, 0.1) is 0 Å². The summed E-state index contributed by atoms with van der Waals surface area (Å²) in [5.74, 6) is -0.466. The van der Waals surface area contributed by atoms with Gasteiger partial charge in [0.1, 0.15) is 6.54 Å². The Hall–Kier alpha value is -2.71. The van der Waals surface area contributed by atoms with Crippen molar-refractivity contribution in [1.82, 2.24) is 10.3 Å². The summed E-state index contributed by atoms with van der Waals surface area (Å²) >= 11 is 0. The molecule has 0 saturated carbocycles. The van der Waals surface area contributed by atoms with Crippen LogP contribution >= 0.6 is 0 Å². The third-order valence-electron chi connectivity index (χ3n) is 5.16. The fourth-order valence-corrected chi connectivity index (χ4v) is 4.85. The highest BCUT2D eigenvalue weighted by Gasteiger charge is 2.28. The Labute approximate surface area is 178 Å². The molecule has 3 rings (SSSR count). The lowest BCUT2D eigenvalue weighted by Gasteiger charge is -2.26. The molecule has 1 fully saturated rings. The van der Waals surface area contributed by atoms with Gasteiger partial charge in [-0.2, -0.15) is 5.10 Å². The van der Waals surface area contributed by atoms with E-state index in [-0.39, 0.29) is 11.4 Å². The molecule has 30 heavy (non-hydrogen) atoms. The van der Waals surface area contributed by atoms with Gasteiger partial charge in [-0.15, -0.1) is 0 Å². The first-order valence-electron chi connectivity index (χ1n) is 10.1. The molecule has 0 radical (unpaired) electrons. The number of piperidine rings is 1. The van der Waals surface area contributed by atoms with Gasteiger partial charge < -0.3 is 4.90 Å². The van der Waals surface area contributed by atoms with Gasteiger partial charge in [-0.3, -0.25) is 9.10 Å². The van der Waals surface area contributed by atoms with Crippen LogP contribution in [-0.2, 0) is 21.2 Å². The van der Waals surface area contributed by atoms with E-state index in [0.29, 0.717) is 12.1 Å². The number of carbonyl (C=O) groups excluding carboxylic acids is 1. The van der Waals surface area contributed by atoms with Crippen LogP contribution in [0.5, 0.6) is 0 Å². The van der Waals surface area contributed by atoms with Gasteiger partial charge in [0.15, 0.2) is 0 Å². The van der Waals surface area contributed by atoms with E-state index in [9.17, 15) is 13.2 Å². The van der Waals surface area contributed by atoms with Crippen molar-refractivity contribution in [2.45, 2.75) is 31.1 Å². The maximum absolute atomic E-state index is 13.4. The summed E-state index contributed by atoms with van der Waals surface area (Å²) < 4.78 is 27.9. The third-order valence-corrected chi connectivity index (χ3v) is 6.94. The van der Waals surface area contributed by atoms with Crippen molar-refractivity contribution in [3.8, 4) is 0 Å². The number of rotatable bonds is 7. The van der Waals surface area contributed by atoms with Crippen molar-refractivity contribution in [3.63, 3.8) is 0 Å². The molecule has 1 N–H and O–H groups in total. The Morgan fingerprint density at radius 1 is 1.07 bits per heavy atom. The first-order valence-corrected chi connectivity index (χ1v) is 11.5. The first kappa shape index (κ1) is 22.0. The van der Waals surface area contributed by atoms with Crippen molar-refractivity contribution in [1.29, 1.82) is 0 Å². The first-order chi connectivity index (χ1) is 14.4. The Morgan fingerprint density at radius 2 is 1.70 bits per heavy atom. The van der Waals surface area contributed by atoms with Gasteiger partial charge in [0.2, 0.25) is 0 Å². The lowest BCUT2D eigenvalue weighted by atomic mass is 10.1. The second-order valence-corrected chi connectivity index (χ2v) is 9.19. The van der Waals surface area contributed by atoms with Crippen LogP contribution in [0.3, 0.4) is 0 Å². The van der Waals surface area contributed by atoms with Crippen LogP contribution in [-0.4, -0.2) is 51.6 Å². The minimum Gasteiger partial charge on any atom is -0.306 e. The Morgan fingerprint density at radius 3 is 2.37 bits per heavy atom. The molecule has 7 nitrogen and oxygen atoms in total. The summed E-state index contributed by atoms with van der Waals surface area (Å²) in [6.07, 6.45) is 2.23. The number of para-hydroxylation sites is 1. The number of nitrogens with zero attached hydrogens (tertiary/aromatic N) is 3. The van der Waals surface area contributed by atoms with Gasteiger partial charge in [0, 0.05) is 31.6 Å². The zero-order valence-corrected chi connectivity index (χ0v) is 18.2. The van der Waals surface area contributed by atoms with E-state index in [0.717, 1.165) is 37.2 Å². The molecule has 1 aliphatic heterocycles. The monoisotopic (exact) mass is 428 g/mol. The van der Waals surface area contributed by atoms with Crippen LogP contribution < -0.4 is 9.73 Å². The molecule has 0 unspecified atom stereocenters. The molecule has 8 heteroatoms. The molecule has 0 spiro atoms. The maximum atomic E-state index is 13.4. The van der Waals surface area contributed by atoms with Crippen LogP contribution in [0.4, 0.5) is 5.69 Å². The Kier molecular flexibility index (Phi) is 7.23. The number of hydrogen-bond donors (Lipinski definition) is 1. The van der Waals surface area contributed by atoms with Crippen molar-refractivity contribution in [2.24, 2.45) is 5.10 Å². The molecule has 1 heterocycles. The SMILES string of the molecule is CCc1ccccc1N(CC(=O)NN=C1CCN(C)CC1)S(=O)(=O)c1ccccc1. The summed E-state index contributed by atoms with van der Waals surface area (Å²) in [4.78, 5) is 15.0. The van der Waals surface area contributed by atoms with Gasteiger partial charge in [-0.1, -0.05) is 43.3 Å². The quantitative estimate of drug-likeness (QED) is 0.688. The molecule has 0 aliphatic carbocycles. The van der Waals surface area contributed by atoms with Crippen molar-refractivity contribution >= 4 is 27.3 Å². The highest BCUT2D eigenvalue weighted by Crippen LogP contribution is 2.27. The van der Waals surface area contributed by atoms with E-state index in [2.05, 4.69) is 15.4 Å². The number of benzene rings is 2. The highest BCUT2D eigenvalue weighted by molar-refractivity contribution is 7.92. The highest BCUT2D eigenvalue weighted by atomic mass is 32.2. The normalized spacial score (nSPS) is 14.9. The zero-order chi connectivity index (χ0) is 21.6. The second kappa shape index (κ2) is 9.86. The van der Waals surface area contributed by atoms with Gasteiger partial charge >= 0.3 is 0 Å². The van der Waals surface area contributed by atoms with Crippen molar-refractivity contribution < 1.29 is 13.2 Å². The summed E-state index contributed by atoms with van der Waals surface area (Å²) in [5, 5.41) is 4.23. The predicted molar refractivity (Wildman–Crippen MR) is 119 cm³/mol. The summed E-state index contributed by atoms with van der Waals surface area (Å²) in [6.45, 7) is 3.41. The van der Waals surface area contributed by atoms with Crippen LogP contribution in [0.2, 0.25) is 0 Å². The van der Waals surface area contributed by atoms with E-state index in [1.54, 1.807) is 30.3 Å². The minimum absolute atomic E-state index is 0.144. The van der Waals surface area contributed by atoms with E-state index < -0.39 is 15.9 Å². The molecule has 0 atom stereocenters. The summed E-state index contributed by atoms with van der Waals surface area (Å²) in [5.41, 5.74) is 4.84. The predicted octanol–water partition coefficient (Wildman–Crippen LogP) is 2.64. The Balaban J connectivity index is 1.87. The fraction of sp³-hybridized carbons (Fsp3) is 0.364. The van der Waals surface area contributed by atoms with E-state index in [1.807, 2.05) is 26.1 Å². The topological polar surface area (TPSA) is 82.1 Å². The molecule has 1 aliphatic rings. The number of nitrogens with one attached hydrogen (secondary N) is 1. The lowest BCUT2D eigenvalue weighted by Crippen LogP contribution is -2.40. The average Bonchev–Trinajstić information content (AvgIpc) is 2.77. The Bertz CT molecular complexity index is 996. The molecule has 2 aromatic rings. The molecule has 2 aromatic carbocycles. The maximum Gasteiger partial charge on any atom is 0.264 e. The largest absolute Gasteiger partial charge is 0.306 e. The average molecular weight is 429 g/mol. The third kappa shape index (κ3) is 5.25. The second-order valence-electron chi connectivity index (χ2n) is 7.32. The molecular formula is C22H28N4O3S. The number of sulfonamides is 1. The van der Waals surface area contributed by atoms with Gasteiger partial charge in [0.05, 0.1) is 10.6 Å². The number of aryl methyl sites for hydroxylation is 1.